The third-order valence-electron chi connectivity index (χ3n) is 3.89. The standard InChI is InChI=1S/C16H25N3O/c1-13(11-17-2)16(20)18-8-10-19-9-7-14-5-3-4-6-15(14)12-19/h3-6,13,17H,7-12H2,1-2H3,(H,18,20). The van der Waals surface area contributed by atoms with Gasteiger partial charge in [0.05, 0.1) is 0 Å². The van der Waals surface area contributed by atoms with Gasteiger partial charge < -0.3 is 10.6 Å². The second kappa shape index (κ2) is 7.41. The first-order valence-electron chi connectivity index (χ1n) is 7.42. The van der Waals surface area contributed by atoms with Gasteiger partial charge in [-0.15, -0.1) is 0 Å². The molecule has 0 saturated heterocycles. The molecule has 1 aromatic rings. The average Bonchev–Trinajstić information content (AvgIpc) is 2.47. The fraction of sp³-hybridized carbons (Fsp3) is 0.562. The van der Waals surface area contributed by atoms with Gasteiger partial charge in [-0.05, 0) is 24.6 Å². The van der Waals surface area contributed by atoms with Crippen LogP contribution >= 0.6 is 0 Å². The molecule has 1 aliphatic rings. The molecule has 1 heterocycles. The van der Waals surface area contributed by atoms with Crippen LogP contribution in [0.1, 0.15) is 18.1 Å². The molecule has 2 N–H and O–H groups in total. The van der Waals surface area contributed by atoms with Crippen molar-refractivity contribution in [3.63, 3.8) is 0 Å². The normalized spacial score (nSPS) is 16.5. The third-order valence-corrected chi connectivity index (χ3v) is 3.89. The molecule has 4 heteroatoms. The van der Waals surface area contributed by atoms with Crippen molar-refractivity contribution in [1.29, 1.82) is 0 Å². The summed E-state index contributed by atoms with van der Waals surface area (Å²) in [6.07, 6.45) is 1.11. The highest BCUT2D eigenvalue weighted by atomic mass is 16.1. The van der Waals surface area contributed by atoms with E-state index in [1.54, 1.807) is 0 Å². The van der Waals surface area contributed by atoms with Gasteiger partial charge in [0, 0.05) is 38.6 Å². The van der Waals surface area contributed by atoms with Gasteiger partial charge in [-0.25, -0.2) is 0 Å². The van der Waals surface area contributed by atoms with Gasteiger partial charge in [0.25, 0.3) is 0 Å². The second-order valence-electron chi connectivity index (χ2n) is 5.54. The first kappa shape index (κ1) is 15.0. The molecule has 1 atom stereocenters. The largest absolute Gasteiger partial charge is 0.355 e. The zero-order valence-electron chi connectivity index (χ0n) is 12.5. The topological polar surface area (TPSA) is 44.4 Å². The number of fused-ring (bicyclic) bond motifs is 1. The molecule has 110 valence electrons. The lowest BCUT2D eigenvalue weighted by Crippen LogP contribution is -2.40. The van der Waals surface area contributed by atoms with E-state index in [1.165, 1.54) is 11.1 Å². The van der Waals surface area contributed by atoms with Crippen molar-refractivity contribution in [2.75, 3.05) is 33.2 Å². The van der Waals surface area contributed by atoms with Crippen molar-refractivity contribution in [2.45, 2.75) is 19.9 Å². The highest BCUT2D eigenvalue weighted by Crippen LogP contribution is 2.17. The highest BCUT2D eigenvalue weighted by Gasteiger charge is 2.16. The lowest BCUT2D eigenvalue weighted by Gasteiger charge is -2.28. The number of carbonyl (C=O) groups excluding carboxylic acids is 1. The fourth-order valence-electron chi connectivity index (χ4n) is 2.66. The summed E-state index contributed by atoms with van der Waals surface area (Å²) in [6.45, 7) is 6.41. The predicted octanol–water partition coefficient (Wildman–Crippen LogP) is 1.02. The molecule has 20 heavy (non-hydrogen) atoms. The van der Waals surface area contributed by atoms with Gasteiger partial charge in [-0.1, -0.05) is 31.2 Å². The zero-order valence-corrected chi connectivity index (χ0v) is 12.5. The number of hydrogen-bond acceptors (Lipinski definition) is 3. The van der Waals surface area contributed by atoms with Crippen molar-refractivity contribution in [2.24, 2.45) is 5.92 Å². The van der Waals surface area contributed by atoms with Gasteiger partial charge in [-0.3, -0.25) is 9.69 Å². The Balaban J connectivity index is 1.72. The number of nitrogens with one attached hydrogen (secondary N) is 2. The summed E-state index contributed by atoms with van der Waals surface area (Å²) in [5, 5.41) is 6.05. The molecule has 1 aromatic carbocycles. The molecule has 4 nitrogen and oxygen atoms in total. The van der Waals surface area contributed by atoms with E-state index >= 15 is 0 Å². The molecule has 2 rings (SSSR count). The molecule has 0 aliphatic carbocycles. The number of benzene rings is 1. The summed E-state index contributed by atoms with van der Waals surface area (Å²) in [5.74, 6) is 0.166. The minimum Gasteiger partial charge on any atom is -0.355 e. The van der Waals surface area contributed by atoms with E-state index in [-0.39, 0.29) is 11.8 Å². The number of rotatable bonds is 6. The van der Waals surface area contributed by atoms with Gasteiger partial charge in [-0.2, -0.15) is 0 Å². The Hall–Kier alpha value is -1.39. The monoisotopic (exact) mass is 275 g/mol. The van der Waals surface area contributed by atoms with Crippen LogP contribution in [0.15, 0.2) is 24.3 Å². The fourth-order valence-corrected chi connectivity index (χ4v) is 2.66. The average molecular weight is 275 g/mol. The summed E-state index contributed by atoms with van der Waals surface area (Å²) >= 11 is 0. The maximum Gasteiger partial charge on any atom is 0.224 e. The number of hydrogen-bond donors (Lipinski definition) is 2. The van der Waals surface area contributed by atoms with Crippen LogP contribution in [0.5, 0.6) is 0 Å². The van der Waals surface area contributed by atoms with Gasteiger partial charge in [0.2, 0.25) is 5.91 Å². The van der Waals surface area contributed by atoms with Crippen molar-refractivity contribution in [3.05, 3.63) is 35.4 Å². The summed E-state index contributed by atoms with van der Waals surface area (Å²) in [4.78, 5) is 14.2. The zero-order chi connectivity index (χ0) is 14.4. The summed E-state index contributed by atoms with van der Waals surface area (Å²) in [6, 6.07) is 8.63. The molecule has 0 aromatic heterocycles. The Labute approximate surface area is 121 Å². The molecule has 0 saturated carbocycles. The predicted molar refractivity (Wildman–Crippen MR) is 81.5 cm³/mol. The van der Waals surface area contributed by atoms with E-state index in [9.17, 15) is 4.79 Å². The minimum atomic E-state index is 0.0297. The van der Waals surface area contributed by atoms with Crippen LogP contribution in [-0.2, 0) is 17.8 Å². The molecule has 0 bridgehead atoms. The van der Waals surface area contributed by atoms with Crippen molar-refractivity contribution >= 4 is 5.91 Å². The smallest absolute Gasteiger partial charge is 0.224 e. The first-order valence-corrected chi connectivity index (χ1v) is 7.42. The lowest BCUT2D eigenvalue weighted by molar-refractivity contribution is -0.124. The van der Waals surface area contributed by atoms with Crippen molar-refractivity contribution < 1.29 is 4.79 Å². The summed E-state index contributed by atoms with van der Waals surface area (Å²) < 4.78 is 0. The van der Waals surface area contributed by atoms with Crippen LogP contribution in [0.2, 0.25) is 0 Å². The van der Waals surface area contributed by atoms with Crippen LogP contribution in [-0.4, -0.2) is 44.0 Å². The van der Waals surface area contributed by atoms with E-state index in [4.69, 9.17) is 0 Å². The molecule has 1 aliphatic heterocycles. The molecular weight excluding hydrogens is 250 g/mol. The number of nitrogens with zero attached hydrogens (tertiary/aromatic N) is 1. The Kier molecular flexibility index (Phi) is 5.56. The molecule has 1 amide bonds. The van der Waals surface area contributed by atoms with Crippen LogP contribution in [0.3, 0.4) is 0 Å². The summed E-state index contributed by atoms with van der Waals surface area (Å²) in [7, 11) is 1.87. The molecule has 1 unspecified atom stereocenters. The minimum absolute atomic E-state index is 0.0297. The maximum atomic E-state index is 11.8. The second-order valence-corrected chi connectivity index (χ2v) is 5.54. The Morgan fingerprint density at radius 3 is 2.85 bits per heavy atom. The van der Waals surface area contributed by atoms with E-state index < -0.39 is 0 Å². The first-order chi connectivity index (χ1) is 9.70. The summed E-state index contributed by atoms with van der Waals surface area (Å²) in [5.41, 5.74) is 2.89. The molecule has 0 radical (unpaired) electrons. The van der Waals surface area contributed by atoms with Gasteiger partial charge >= 0.3 is 0 Å². The van der Waals surface area contributed by atoms with Crippen LogP contribution in [0.4, 0.5) is 0 Å². The number of carbonyl (C=O) groups is 1. The Morgan fingerprint density at radius 1 is 1.35 bits per heavy atom. The van der Waals surface area contributed by atoms with Gasteiger partial charge in [0.15, 0.2) is 0 Å². The van der Waals surface area contributed by atoms with E-state index in [2.05, 4.69) is 39.8 Å². The maximum absolute atomic E-state index is 11.8. The molecule has 0 fully saturated rings. The van der Waals surface area contributed by atoms with E-state index in [1.807, 2.05) is 14.0 Å². The van der Waals surface area contributed by atoms with Crippen LogP contribution < -0.4 is 10.6 Å². The SMILES string of the molecule is CNCC(C)C(=O)NCCN1CCc2ccccc2C1. The van der Waals surface area contributed by atoms with Crippen LogP contribution in [0.25, 0.3) is 0 Å². The molecular formula is C16H25N3O. The van der Waals surface area contributed by atoms with E-state index in [0.717, 1.165) is 39.1 Å². The lowest BCUT2D eigenvalue weighted by atomic mass is 10.00. The highest BCUT2D eigenvalue weighted by molar-refractivity contribution is 5.78. The van der Waals surface area contributed by atoms with Crippen molar-refractivity contribution in [3.8, 4) is 0 Å². The number of amides is 1. The molecule has 0 spiro atoms. The quantitative estimate of drug-likeness (QED) is 0.814. The van der Waals surface area contributed by atoms with E-state index in [0.29, 0.717) is 0 Å². The Morgan fingerprint density at radius 2 is 2.10 bits per heavy atom. The Bertz CT molecular complexity index is 447. The van der Waals surface area contributed by atoms with Crippen LogP contribution in [0, 0.1) is 5.92 Å². The van der Waals surface area contributed by atoms with Crippen molar-refractivity contribution in [1.82, 2.24) is 15.5 Å². The van der Waals surface area contributed by atoms with Gasteiger partial charge in [0.1, 0.15) is 0 Å². The third kappa shape index (κ3) is 4.05.